The average Bonchev–Trinajstić information content (AvgIpc) is 2.74. The van der Waals surface area contributed by atoms with Crippen molar-refractivity contribution >= 4 is 45.5 Å². The van der Waals surface area contributed by atoms with E-state index in [0.717, 1.165) is 20.5 Å². The van der Waals surface area contributed by atoms with E-state index >= 15 is 0 Å². The molecule has 160 valence electrons. The Kier molecular flexibility index (Phi) is 6.01. The Labute approximate surface area is 192 Å². The summed E-state index contributed by atoms with van der Waals surface area (Å²) in [5.74, 6) is -1.83. The van der Waals surface area contributed by atoms with Crippen molar-refractivity contribution in [2.45, 2.75) is 13.3 Å². The third-order valence-electron chi connectivity index (χ3n) is 5.11. The molecule has 0 bridgehead atoms. The van der Waals surface area contributed by atoms with E-state index in [4.69, 9.17) is 0 Å². The molecule has 0 radical (unpaired) electrons. The number of nitrogens with one attached hydrogen (secondary N) is 1. The van der Waals surface area contributed by atoms with Crippen LogP contribution >= 0.6 is 15.9 Å². The molecule has 4 rings (SSSR count). The Morgan fingerprint density at radius 2 is 1.75 bits per heavy atom. The van der Waals surface area contributed by atoms with Gasteiger partial charge in [0.15, 0.2) is 0 Å². The van der Waals surface area contributed by atoms with Gasteiger partial charge in [-0.1, -0.05) is 52.3 Å². The predicted octanol–water partition coefficient (Wildman–Crippen LogP) is 5.15. The lowest BCUT2D eigenvalue weighted by Crippen LogP contribution is -2.54. The molecular formula is C25H18BrFN2O3. The number of imide groups is 2. The lowest BCUT2D eigenvalue weighted by Gasteiger charge is -2.26. The number of hydrogen-bond acceptors (Lipinski definition) is 3. The normalized spacial score (nSPS) is 15.3. The summed E-state index contributed by atoms with van der Waals surface area (Å²) in [6.07, 6.45) is 1.71. The molecule has 0 atom stereocenters. The molecule has 3 aromatic carbocycles. The van der Waals surface area contributed by atoms with Gasteiger partial charge < -0.3 is 0 Å². The zero-order valence-corrected chi connectivity index (χ0v) is 18.6. The van der Waals surface area contributed by atoms with Crippen LogP contribution in [0.3, 0.4) is 0 Å². The van der Waals surface area contributed by atoms with Crippen molar-refractivity contribution in [1.29, 1.82) is 0 Å². The van der Waals surface area contributed by atoms with Crippen molar-refractivity contribution in [1.82, 2.24) is 5.32 Å². The highest BCUT2D eigenvalue weighted by atomic mass is 79.9. The number of hydrogen-bond donors (Lipinski definition) is 1. The number of anilines is 1. The van der Waals surface area contributed by atoms with Gasteiger partial charge in [0.05, 0.1) is 5.69 Å². The number of nitrogens with zero attached hydrogens (tertiary/aromatic N) is 1. The molecule has 0 saturated carbocycles. The van der Waals surface area contributed by atoms with Crippen LogP contribution < -0.4 is 10.2 Å². The molecule has 1 saturated heterocycles. The molecule has 1 aliphatic heterocycles. The number of halogens is 2. The molecule has 7 heteroatoms. The highest BCUT2D eigenvalue weighted by Gasteiger charge is 2.37. The Bertz CT molecular complexity index is 1290. The quantitative estimate of drug-likeness (QED) is 0.404. The number of carbonyl (C=O) groups is 3. The maximum atomic E-state index is 14.2. The number of amides is 4. The van der Waals surface area contributed by atoms with E-state index in [2.05, 4.69) is 21.2 Å². The first-order valence-electron chi connectivity index (χ1n) is 9.83. The minimum Gasteiger partial charge on any atom is -0.273 e. The van der Waals surface area contributed by atoms with Crippen LogP contribution in [0.4, 0.5) is 14.9 Å². The summed E-state index contributed by atoms with van der Waals surface area (Å²) in [6, 6.07) is 17.9. The van der Waals surface area contributed by atoms with E-state index in [9.17, 15) is 18.8 Å². The first kappa shape index (κ1) is 21.6. The van der Waals surface area contributed by atoms with Gasteiger partial charge >= 0.3 is 6.03 Å². The molecule has 1 aliphatic rings. The van der Waals surface area contributed by atoms with Gasteiger partial charge in [-0.15, -0.1) is 0 Å². The summed E-state index contributed by atoms with van der Waals surface area (Å²) >= 11 is 3.40. The van der Waals surface area contributed by atoms with Crippen LogP contribution in [0.5, 0.6) is 0 Å². The van der Waals surface area contributed by atoms with E-state index < -0.39 is 17.8 Å². The molecule has 1 fully saturated rings. The smallest absolute Gasteiger partial charge is 0.273 e. The molecule has 5 nitrogen and oxygen atoms in total. The third kappa shape index (κ3) is 4.38. The Morgan fingerprint density at radius 1 is 0.969 bits per heavy atom. The summed E-state index contributed by atoms with van der Waals surface area (Å²) in [4.78, 5) is 39.1. The minimum absolute atomic E-state index is 0.181. The second kappa shape index (κ2) is 8.88. The highest BCUT2D eigenvalue weighted by molar-refractivity contribution is 9.10. The van der Waals surface area contributed by atoms with Gasteiger partial charge in [-0.2, -0.15) is 0 Å². The number of benzene rings is 3. The zero-order valence-electron chi connectivity index (χ0n) is 17.1. The van der Waals surface area contributed by atoms with Crippen molar-refractivity contribution in [3.8, 4) is 0 Å². The molecule has 1 N–H and O–H groups in total. The second-order valence-corrected chi connectivity index (χ2v) is 8.32. The van der Waals surface area contributed by atoms with Crippen molar-refractivity contribution in [2.24, 2.45) is 0 Å². The van der Waals surface area contributed by atoms with E-state index in [1.54, 1.807) is 48.5 Å². The minimum atomic E-state index is -0.802. The summed E-state index contributed by atoms with van der Waals surface area (Å²) in [6.45, 7) is 1.84. The summed E-state index contributed by atoms with van der Waals surface area (Å²) < 4.78 is 14.9. The molecule has 0 aromatic heterocycles. The van der Waals surface area contributed by atoms with Crippen LogP contribution in [0.15, 0.2) is 76.8 Å². The Morgan fingerprint density at radius 3 is 2.50 bits per heavy atom. The van der Waals surface area contributed by atoms with Crippen molar-refractivity contribution in [3.05, 3.63) is 105 Å². The Hall–Kier alpha value is -3.58. The zero-order chi connectivity index (χ0) is 22.8. The fraction of sp³-hybridized carbons (Fsp3) is 0.0800. The molecule has 32 heavy (non-hydrogen) atoms. The molecule has 0 aliphatic carbocycles. The summed E-state index contributed by atoms with van der Waals surface area (Å²) in [5.41, 5.74) is 2.84. The lowest BCUT2D eigenvalue weighted by atomic mass is 9.97. The van der Waals surface area contributed by atoms with Gasteiger partial charge in [0, 0.05) is 10.9 Å². The monoisotopic (exact) mass is 492 g/mol. The van der Waals surface area contributed by atoms with Crippen LogP contribution in [0, 0.1) is 12.7 Å². The lowest BCUT2D eigenvalue weighted by molar-refractivity contribution is -0.122. The van der Waals surface area contributed by atoms with Crippen LogP contribution in [-0.4, -0.2) is 17.8 Å². The SMILES string of the molecule is Cc1cccc(N2C(=O)NC(=O)/C(=C\c3cc(Br)ccc3Cc3ccccc3F)C2=O)c1. The maximum absolute atomic E-state index is 14.2. The van der Waals surface area contributed by atoms with Gasteiger partial charge in [0.25, 0.3) is 11.8 Å². The molecular weight excluding hydrogens is 475 g/mol. The van der Waals surface area contributed by atoms with Gasteiger partial charge in [0.2, 0.25) is 0 Å². The third-order valence-corrected chi connectivity index (χ3v) is 5.60. The van der Waals surface area contributed by atoms with Gasteiger partial charge in [-0.25, -0.2) is 14.1 Å². The van der Waals surface area contributed by atoms with Crippen molar-refractivity contribution in [2.75, 3.05) is 4.90 Å². The van der Waals surface area contributed by atoms with Crippen LogP contribution in [0.25, 0.3) is 6.08 Å². The molecule has 3 aromatic rings. The van der Waals surface area contributed by atoms with Crippen molar-refractivity contribution < 1.29 is 18.8 Å². The highest BCUT2D eigenvalue weighted by Crippen LogP contribution is 2.26. The number of carbonyl (C=O) groups excluding carboxylic acids is 3. The summed E-state index contributed by atoms with van der Waals surface area (Å²) in [7, 11) is 0. The maximum Gasteiger partial charge on any atom is 0.335 e. The van der Waals surface area contributed by atoms with Gasteiger partial charge in [-0.3, -0.25) is 14.9 Å². The molecule has 1 heterocycles. The van der Waals surface area contributed by atoms with E-state index in [1.165, 1.54) is 12.1 Å². The topological polar surface area (TPSA) is 66.5 Å². The van der Waals surface area contributed by atoms with Crippen LogP contribution in [-0.2, 0) is 16.0 Å². The second-order valence-electron chi connectivity index (χ2n) is 7.41. The molecule has 4 amide bonds. The standard InChI is InChI=1S/C25H18BrFN2O3/c1-15-5-4-7-20(11-15)29-24(31)21(23(30)28-25(29)32)14-18-13-19(26)10-9-16(18)12-17-6-2-3-8-22(17)27/h2-11,13-14H,12H2,1H3,(H,28,30,32)/b21-14+. The van der Waals surface area contributed by atoms with Crippen LogP contribution in [0.1, 0.15) is 22.3 Å². The summed E-state index contributed by atoms with van der Waals surface area (Å²) in [5, 5.41) is 2.23. The number of aryl methyl sites for hydroxylation is 1. The first-order valence-corrected chi connectivity index (χ1v) is 10.6. The predicted molar refractivity (Wildman–Crippen MR) is 124 cm³/mol. The van der Waals surface area contributed by atoms with Gasteiger partial charge in [0.1, 0.15) is 11.4 Å². The number of rotatable bonds is 4. The fourth-order valence-electron chi connectivity index (χ4n) is 3.52. The largest absolute Gasteiger partial charge is 0.335 e. The first-order chi connectivity index (χ1) is 15.3. The van der Waals surface area contributed by atoms with E-state index in [0.29, 0.717) is 16.8 Å². The average molecular weight is 493 g/mol. The number of barbiturate groups is 1. The van der Waals surface area contributed by atoms with E-state index in [1.807, 2.05) is 19.1 Å². The van der Waals surface area contributed by atoms with Crippen molar-refractivity contribution in [3.63, 3.8) is 0 Å². The Balaban J connectivity index is 1.76. The van der Waals surface area contributed by atoms with Gasteiger partial charge in [-0.05, 0) is 65.6 Å². The number of urea groups is 1. The van der Waals surface area contributed by atoms with E-state index in [-0.39, 0.29) is 17.8 Å². The molecule has 0 spiro atoms. The molecule has 0 unspecified atom stereocenters. The van der Waals surface area contributed by atoms with Crippen LogP contribution in [0.2, 0.25) is 0 Å². The fourth-order valence-corrected chi connectivity index (χ4v) is 3.90.